The molecule has 19 heavy (non-hydrogen) atoms. The summed E-state index contributed by atoms with van der Waals surface area (Å²) in [7, 11) is 0. The van der Waals surface area contributed by atoms with E-state index in [-0.39, 0.29) is 11.5 Å². The number of likely N-dealkylation sites (N-methyl/N-ethyl adjacent to an activating group) is 1. The maximum Gasteiger partial charge on any atom is 0.0945 e. The van der Waals surface area contributed by atoms with E-state index in [2.05, 4.69) is 59.0 Å². The van der Waals surface area contributed by atoms with E-state index in [1.807, 2.05) is 6.92 Å². The summed E-state index contributed by atoms with van der Waals surface area (Å²) in [5, 5.41) is 13.8. The highest BCUT2D eigenvalue weighted by Gasteiger charge is 2.22. The van der Waals surface area contributed by atoms with E-state index in [1.54, 1.807) is 0 Å². The lowest BCUT2D eigenvalue weighted by Gasteiger charge is -2.26. The Hall–Kier alpha value is -0.860. The van der Waals surface area contributed by atoms with Gasteiger partial charge in [-0.25, -0.2) is 0 Å². The van der Waals surface area contributed by atoms with Crippen LogP contribution < -0.4 is 5.32 Å². The summed E-state index contributed by atoms with van der Waals surface area (Å²) in [4.78, 5) is 0. The van der Waals surface area contributed by atoms with Gasteiger partial charge in [0.2, 0.25) is 0 Å². The SMILES string of the molecule is CCNC(C)C(O)c1c(C)cc(C(C)(C)C)cc1C. The molecule has 0 aliphatic carbocycles. The molecule has 2 nitrogen and oxygen atoms in total. The van der Waals surface area contributed by atoms with Crippen LogP contribution in [0.25, 0.3) is 0 Å². The Labute approximate surface area is 118 Å². The van der Waals surface area contributed by atoms with E-state index in [9.17, 15) is 5.11 Å². The molecule has 0 aliphatic heterocycles. The van der Waals surface area contributed by atoms with Crippen LogP contribution in [0.2, 0.25) is 0 Å². The highest BCUT2D eigenvalue weighted by molar-refractivity contribution is 5.42. The first-order valence-electron chi connectivity index (χ1n) is 7.21. The van der Waals surface area contributed by atoms with Gasteiger partial charge in [0.1, 0.15) is 0 Å². The van der Waals surface area contributed by atoms with Gasteiger partial charge < -0.3 is 10.4 Å². The first-order chi connectivity index (χ1) is 8.68. The number of nitrogens with one attached hydrogen (secondary N) is 1. The van der Waals surface area contributed by atoms with E-state index in [0.29, 0.717) is 0 Å². The molecule has 0 aromatic heterocycles. The molecular weight excluding hydrogens is 234 g/mol. The largest absolute Gasteiger partial charge is 0.387 e. The summed E-state index contributed by atoms with van der Waals surface area (Å²) < 4.78 is 0. The minimum absolute atomic E-state index is 0.0721. The average Bonchev–Trinajstić information content (AvgIpc) is 2.26. The van der Waals surface area contributed by atoms with Gasteiger partial charge >= 0.3 is 0 Å². The van der Waals surface area contributed by atoms with E-state index in [4.69, 9.17) is 0 Å². The van der Waals surface area contributed by atoms with E-state index < -0.39 is 6.10 Å². The lowest BCUT2D eigenvalue weighted by atomic mass is 9.82. The molecule has 0 aliphatic rings. The van der Waals surface area contributed by atoms with Crippen LogP contribution in [0.5, 0.6) is 0 Å². The van der Waals surface area contributed by atoms with Crippen molar-refractivity contribution < 1.29 is 5.11 Å². The monoisotopic (exact) mass is 263 g/mol. The van der Waals surface area contributed by atoms with Gasteiger partial charge in [-0.05, 0) is 55.0 Å². The van der Waals surface area contributed by atoms with Crippen molar-refractivity contribution in [2.24, 2.45) is 0 Å². The quantitative estimate of drug-likeness (QED) is 0.869. The second-order valence-corrected chi connectivity index (χ2v) is 6.56. The number of benzene rings is 1. The number of hydrogen-bond acceptors (Lipinski definition) is 2. The van der Waals surface area contributed by atoms with Gasteiger partial charge in [-0.1, -0.05) is 39.8 Å². The molecule has 0 saturated carbocycles. The molecule has 1 rings (SSSR count). The number of rotatable bonds is 4. The minimum atomic E-state index is -0.450. The van der Waals surface area contributed by atoms with Crippen molar-refractivity contribution in [3.8, 4) is 0 Å². The third-order valence-corrected chi connectivity index (χ3v) is 3.76. The fourth-order valence-electron chi connectivity index (χ4n) is 2.56. The number of aryl methyl sites for hydroxylation is 2. The molecule has 0 amide bonds. The van der Waals surface area contributed by atoms with E-state index >= 15 is 0 Å². The summed E-state index contributed by atoms with van der Waals surface area (Å²) in [5.74, 6) is 0. The minimum Gasteiger partial charge on any atom is -0.387 e. The third-order valence-electron chi connectivity index (χ3n) is 3.76. The van der Waals surface area contributed by atoms with Crippen LogP contribution >= 0.6 is 0 Å². The lowest BCUT2D eigenvalue weighted by molar-refractivity contribution is 0.136. The maximum atomic E-state index is 10.5. The van der Waals surface area contributed by atoms with Crippen molar-refractivity contribution in [1.29, 1.82) is 0 Å². The van der Waals surface area contributed by atoms with Crippen LogP contribution in [0.15, 0.2) is 12.1 Å². The second-order valence-electron chi connectivity index (χ2n) is 6.56. The van der Waals surface area contributed by atoms with Crippen molar-refractivity contribution >= 4 is 0 Å². The molecule has 2 unspecified atom stereocenters. The van der Waals surface area contributed by atoms with Gasteiger partial charge in [0, 0.05) is 6.04 Å². The molecular formula is C17H29NO. The first-order valence-corrected chi connectivity index (χ1v) is 7.21. The zero-order chi connectivity index (χ0) is 14.8. The Kier molecular flexibility index (Phi) is 5.17. The topological polar surface area (TPSA) is 32.3 Å². The molecule has 1 aromatic rings. The van der Waals surface area contributed by atoms with Gasteiger partial charge in [0.15, 0.2) is 0 Å². The lowest BCUT2D eigenvalue weighted by Crippen LogP contribution is -2.32. The Morgan fingerprint density at radius 1 is 1.16 bits per heavy atom. The van der Waals surface area contributed by atoms with Crippen molar-refractivity contribution in [2.75, 3.05) is 6.54 Å². The van der Waals surface area contributed by atoms with Gasteiger partial charge in [-0.2, -0.15) is 0 Å². The molecule has 0 spiro atoms. The molecule has 108 valence electrons. The predicted molar refractivity (Wildman–Crippen MR) is 82.7 cm³/mol. The number of aliphatic hydroxyl groups excluding tert-OH is 1. The van der Waals surface area contributed by atoms with Crippen LogP contribution in [-0.2, 0) is 5.41 Å². The maximum absolute atomic E-state index is 10.5. The average molecular weight is 263 g/mol. The summed E-state index contributed by atoms with van der Waals surface area (Å²) >= 11 is 0. The van der Waals surface area contributed by atoms with Crippen LogP contribution in [-0.4, -0.2) is 17.7 Å². The normalized spacial score (nSPS) is 15.4. The summed E-state index contributed by atoms with van der Waals surface area (Å²) in [6, 6.07) is 4.50. The fourth-order valence-corrected chi connectivity index (χ4v) is 2.56. The third kappa shape index (κ3) is 3.80. The Morgan fingerprint density at radius 2 is 1.63 bits per heavy atom. The van der Waals surface area contributed by atoms with Gasteiger partial charge in [0.25, 0.3) is 0 Å². The Bertz CT molecular complexity index is 408. The van der Waals surface area contributed by atoms with Crippen molar-refractivity contribution in [1.82, 2.24) is 5.32 Å². The smallest absolute Gasteiger partial charge is 0.0945 e. The van der Waals surface area contributed by atoms with Crippen molar-refractivity contribution in [3.05, 3.63) is 34.4 Å². The molecule has 2 atom stereocenters. The number of hydrogen-bond donors (Lipinski definition) is 2. The Morgan fingerprint density at radius 3 is 2.00 bits per heavy atom. The molecule has 2 heteroatoms. The zero-order valence-electron chi connectivity index (χ0n) is 13.5. The molecule has 2 N–H and O–H groups in total. The zero-order valence-corrected chi connectivity index (χ0v) is 13.5. The summed E-state index contributed by atoms with van der Waals surface area (Å²) in [6.07, 6.45) is -0.450. The van der Waals surface area contributed by atoms with Gasteiger partial charge in [0.05, 0.1) is 6.10 Å². The van der Waals surface area contributed by atoms with Crippen molar-refractivity contribution in [2.45, 2.75) is 66.0 Å². The van der Waals surface area contributed by atoms with Crippen LogP contribution in [0.4, 0.5) is 0 Å². The van der Waals surface area contributed by atoms with Gasteiger partial charge in [-0.15, -0.1) is 0 Å². The Balaban J connectivity index is 3.17. The fraction of sp³-hybridized carbons (Fsp3) is 0.647. The summed E-state index contributed by atoms with van der Waals surface area (Å²) in [5.41, 5.74) is 4.91. The molecule has 0 bridgehead atoms. The van der Waals surface area contributed by atoms with Gasteiger partial charge in [-0.3, -0.25) is 0 Å². The highest BCUT2D eigenvalue weighted by atomic mass is 16.3. The highest BCUT2D eigenvalue weighted by Crippen LogP contribution is 2.30. The molecule has 0 heterocycles. The predicted octanol–water partition coefficient (Wildman–Crippen LogP) is 3.63. The summed E-state index contributed by atoms with van der Waals surface area (Å²) in [6.45, 7) is 15.8. The van der Waals surface area contributed by atoms with E-state index in [0.717, 1.165) is 12.1 Å². The number of aliphatic hydroxyl groups is 1. The van der Waals surface area contributed by atoms with E-state index in [1.165, 1.54) is 16.7 Å². The molecule has 1 aromatic carbocycles. The van der Waals surface area contributed by atoms with Crippen molar-refractivity contribution in [3.63, 3.8) is 0 Å². The molecule has 0 saturated heterocycles. The van der Waals surface area contributed by atoms with Crippen LogP contribution in [0, 0.1) is 13.8 Å². The van der Waals surface area contributed by atoms with Crippen LogP contribution in [0.3, 0.4) is 0 Å². The standard InChI is InChI=1S/C17H29NO/c1-8-18-13(4)16(19)15-11(2)9-14(10-12(15)3)17(5,6)7/h9-10,13,16,18-19H,8H2,1-7H3. The first kappa shape index (κ1) is 16.2. The van der Waals surface area contributed by atoms with Crippen LogP contribution in [0.1, 0.15) is 63.0 Å². The second kappa shape index (κ2) is 6.06. The molecule has 0 radical (unpaired) electrons. The molecule has 0 fully saturated rings.